The molecule has 0 aromatic carbocycles. The van der Waals surface area contributed by atoms with Crippen LogP contribution in [0.1, 0.15) is 32.4 Å². The van der Waals surface area contributed by atoms with Gasteiger partial charge in [0.05, 0.1) is 5.69 Å². The van der Waals surface area contributed by atoms with Gasteiger partial charge in [0.15, 0.2) is 0 Å². The lowest BCUT2D eigenvalue weighted by Crippen LogP contribution is -2.21. The monoisotopic (exact) mass is 165 g/mol. The maximum atomic E-state index is 9.92. The lowest BCUT2D eigenvalue weighted by atomic mass is 9.96. The van der Waals surface area contributed by atoms with E-state index in [1.54, 1.807) is 13.1 Å². The summed E-state index contributed by atoms with van der Waals surface area (Å²) >= 11 is 0. The van der Waals surface area contributed by atoms with Gasteiger partial charge in [-0.3, -0.25) is 4.98 Å². The van der Waals surface area contributed by atoms with Crippen molar-refractivity contribution < 1.29 is 5.11 Å². The first kappa shape index (κ1) is 9.20. The predicted molar refractivity (Wildman–Crippen MR) is 48.7 cm³/mol. The highest BCUT2D eigenvalue weighted by molar-refractivity contribution is 5.11. The van der Waals surface area contributed by atoms with Gasteiger partial charge in [0.2, 0.25) is 0 Å². The Balaban J connectivity index is 2.82. The highest BCUT2D eigenvalue weighted by Gasteiger charge is 2.22. The number of hydrogen-bond donors (Lipinski definition) is 1. The molecular weight excluding hydrogens is 150 g/mol. The largest absolute Gasteiger partial charge is 0.384 e. The number of hydrogen-bond acceptors (Lipinski definition) is 2. The molecule has 1 aromatic heterocycles. The molecule has 2 heteroatoms. The lowest BCUT2D eigenvalue weighted by Gasteiger charge is -2.21. The second kappa shape index (κ2) is 3.68. The van der Waals surface area contributed by atoms with E-state index in [-0.39, 0.29) is 0 Å². The van der Waals surface area contributed by atoms with Crippen LogP contribution in [0.5, 0.6) is 0 Å². The minimum Gasteiger partial charge on any atom is -0.384 e. The summed E-state index contributed by atoms with van der Waals surface area (Å²) in [6, 6.07) is 5.60. The summed E-state index contributed by atoms with van der Waals surface area (Å²) in [5, 5.41) is 9.92. The average Bonchev–Trinajstić information content (AvgIpc) is 2.06. The van der Waals surface area contributed by atoms with E-state index in [0.717, 1.165) is 18.5 Å². The molecule has 0 radical (unpaired) electrons. The fraction of sp³-hybridized carbons (Fsp3) is 0.500. The summed E-state index contributed by atoms with van der Waals surface area (Å²) in [6.07, 6.45) is 3.42. The SMILES string of the molecule is CCCC(C)(O)c1ccccn1. The van der Waals surface area contributed by atoms with E-state index in [0.29, 0.717) is 0 Å². The Hall–Kier alpha value is -0.890. The number of rotatable bonds is 3. The highest BCUT2D eigenvalue weighted by Crippen LogP contribution is 2.22. The van der Waals surface area contributed by atoms with Gasteiger partial charge in [-0.05, 0) is 25.5 Å². The minimum absolute atomic E-state index is 0.754. The summed E-state index contributed by atoms with van der Waals surface area (Å²) < 4.78 is 0. The average molecular weight is 165 g/mol. The van der Waals surface area contributed by atoms with Crippen molar-refractivity contribution in [3.63, 3.8) is 0 Å². The Kier molecular flexibility index (Phi) is 2.82. The third-order valence-corrected chi connectivity index (χ3v) is 1.95. The molecule has 0 amide bonds. The molecule has 0 aliphatic carbocycles. The van der Waals surface area contributed by atoms with E-state index in [9.17, 15) is 5.11 Å². The standard InChI is InChI=1S/C10H15NO/c1-3-7-10(2,12)9-6-4-5-8-11-9/h4-6,8,12H,3,7H2,1-2H3. The van der Waals surface area contributed by atoms with E-state index < -0.39 is 5.60 Å². The van der Waals surface area contributed by atoms with Crippen molar-refractivity contribution in [3.05, 3.63) is 30.1 Å². The summed E-state index contributed by atoms with van der Waals surface area (Å²) in [5.74, 6) is 0. The van der Waals surface area contributed by atoms with Gasteiger partial charge in [-0.2, -0.15) is 0 Å². The summed E-state index contributed by atoms with van der Waals surface area (Å²) in [5.41, 5.74) is -0.0115. The van der Waals surface area contributed by atoms with E-state index in [1.807, 2.05) is 18.2 Å². The molecule has 1 aromatic rings. The fourth-order valence-corrected chi connectivity index (χ4v) is 1.30. The summed E-state index contributed by atoms with van der Waals surface area (Å²) in [6.45, 7) is 3.86. The molecule has 0 aliphatic rings. The zero-order valence-electron chi connectivity index (χ0n) is 7.62. The van der Waals surface area contributed by atoms with E-state index in [4.69, 9.17) is 0 Å². The van der Waals surface area contributed by atoms with Crippen LogP contribution in [0.4, 0.5) is 0 Å². The van der Waals surface area contributed by atoms with Gasteiger partial charge in [0.25, 0.3) is 0 Å². The first-order valence-corrected chi connectivity index (χ1v) is 4.30. The van der Waals surface area contributed by atoms with Gasteiger partial charge in [-0.25, -0.2) is 0 Å². The topological polar surface area (TPSA) is 33.1 Å². The maximum Gasteiger partial charge on any atom is 0.104 e. The van der Waals surface area contributed by atoms with Crippen molar-refractivity contribution in [1.29, 1.82) is 0 Å². The normalized spacial score (nSPS) is 15.6. The number of aliphatic hydroxyl groups is 1. The molecular formula is C10H15NO. The molecule has 0 fully saturated rings. The molecule has 1 N–H and O–H groups in total. The Morgan fingerprint density at radius 2 is 2.25 bits per heavy atom. The molecule has 1 unspecified atom stereocenters. The van der Waals surface area contributed by atoms with Crippen molar-refractivity contribution in [3.8, 4) is 0 Å². The van der Waals surface area contributed by atoms with Crippen molar-refractivity contribution in [2.45, 2.75) is 32.3 Å². The first-order valence-electron chi connectivity index (χ1n) is 4.30. The molecule has 0 saturated heterocycles. The van der Waals surface area contributed by atoms with Crippen LogP contribution >= 0.6 is 0 Å². The van der Waals surface area contributed by atoms with Crippen LogP contribution in [0, 0.1) is 0 Å². The summed E-state index contributed by atoms with van der Waals surface area (Å²) in [4.78, 5) is 4.12. The molecule has 66 valence electrons. The third-order valence-electron chi connectivity index (χ3n) is 1.95. The van der Waals surface area contributed by atoms with Crippen LogP contribution < -0.4 is 0 Å². The third kappa shape index (κ3) is 2.05. The van der Waals surface area contributed by atoms with Gasteiger partial charge >= 0.3 is 0 Å². The Bertz CT molecular complexity index is 231. The van der Waals surface area contributed by atoms with Crippen LogP contribution in [-0.4, -0.2) is 10.1 Å². The minimum atomic E-state index is -0.768. The second-order valence-corrected chi connectivity index (χ2v) is 3.24. The molecule has 0 spiro atoms. The zero-order valence-corrected chi connectivity index (χ0v) is 7.62. The van der Waals surface area contributed by atoms with Crippen LogP contribution in [-0.2, 0) is 5.60 Å². The van der Waals surface area contributed by atoms with Gasteiger partial charge < -0.3 is 5.11 Å². The van der Waals surface area contributed by atoms with Crippen LogP contribution in [0.2, 0.25) is 0 Å². The van der Waals surface area contributed by atoms with Crippen molar-refractivity contribution in [2.24, 2.45) is 0 Å². The van der Waals surface area contributed by atoms with Crippen LogP contribution in [0.15, 0.2) is 24.4 Å². The van der Waals surface area contributed by atoms with Gasteiger partial charge in [-0.1, -0.05) is 19.4 Å². The fourth-order valence-electron chi connectivity index (χ4n) is 1.30. The number of pyridine rings is 1. The quantitative estimate of drug-likeness (QED) is 0.744. The zero-order chi connectivity index (χ0) is 9.03. The molecule has 0 bridgehead atoms. The van der Waals surface area contributed by atoms with Gasteiger partial charge in [0, 0.05) is 6.20 Å². The Labute approximate surface area is 73.3 Å². The van der Waals surface area contributed by atoms with Crippen molar-refractivity contribution in [2.75, 3.05) is 0 Å². The number of nitrogens with zero attached hydrogens (tertiary/aromatic N) is 1. The number of aromatic nitrogens is 1. The van der Waals surface area contributed by atoms with E-state index in [2.05, 4.69) is 11.9 Å². The summed E-state index contributed by atoms with van der Waals surface area (Å²) in [7, 11) is 0. The second-order valence-electron chi connectivity index (χ2n) is 3.24. The molecule has 1 heterocycles. The van der Waals surface area contributed by atoms with Crippen molar-refractivity contribution in [1.82, 2.24) is 4.98 Å². The van der Waals surface area contributed by atoms with E-state index >= 15 is 0 Å². The molecule has 0 aliphatic heterocycles. The van der Waals surface area contributed by atoms with Crippen molar-refractivity contribution >= 4 is 0 Å². The molecule has 2 nitrogen and oxygen atoms in total. The molecule has 1 atom stereocenters. The molecule has 0 saturated carbocycles. The maximum absolute atomic E-state index is 9.92. The Morgan fingerprint density at radius 3 is 2.75 bits per heavy atom. The first-order chi connectivity index (χ1) is 5.67. The molecule has 12 heavy (non-hydrogen) atoms. The van der Waals surface area contributed by atoms with Crippen LogP contribution in [0.25, 0.3) is 0 Å². The lowest BCUT2D eigenvalue weighted by molar-refractivity contribution is 0.0425. The smallest absolute Gasteiger partial charge is 0.104 e. The molecule has 1 rings (SSSR count). The Morgan fingerprint density at radius 1 is 1.50 bits per heavy atom. The van der Waals surface area contributed by atoms with Gasteiger partial charge in [-0.15, -0.1) is 0 Å². The van der Waals surface area contributed by atoms with Gasteiger partial charge in [0.1, 0.15) is 5.60 Å². The highest BCUT2D eigenvalue weighted by atomic mass is 16.3. The van der Waals surface area contributed by atoms with Crippen LogP contribution in [0.3, 0.4) is 0 Å². The predicted octanol–water partition coefficient (Wildman–Crippen LogP) is 2.09. The van der Waals surface area contributed by atoms with E-state index in [1.165, 1.54) is 0 Å².